The molecule has 2 aromatic carbocycles. The van der Waals surface area contributed by atoms with Crippen LogP contribution >= 0.6 is 23.3 Å². The molecule has 0 N–H and O–H groups in total. The van der Waals surface area contributed by atoms with Crippen molar-refractivity contribution in [3.63, 3.8) is 0 Å². The molecule has 0 saturated heterocycles. The molecule has 3 nitrogen and oxygen atoms in total. The summed E-state index contributed by atoms with van der Waals surface area (Å²) in [6.07, 6.45) is 5.22. The standard InChI is InChI=1S/C18H16BrO3P/c1-2-22-23(20)15(12-11-14-7-3-4-8-16(14)19)13-21-17-9-5-6-10-18(17)23/h3-13H,2H2,1H3/b12-11+. The van der Waals surface area contributed by atoms with E-state index >= 15 is 0 Å². The Bertz CT molecular complexity index is 827. The number of benzene rings is 2. The number of rotatable bonds is 4. The van der Waals surface area contributed by atoms with Crippen LogP contribution in [-0.2, 0) is 9.09 Å². The smallest absolute Gasteiger partial charge is 0.268 e. The van der Waals surface area contributed by atoms with Gasteiger partial charge in [0.25, 0.3) is 7.37 Å². The summed E-state index contributed by atoms with van der Waals surface area (Å²) >= 11 is 3.50. The molecular formula is C18H16BrO3P. The SMILES string of the molecule is CCOP1(=O)C(/C=C/c2ccccc2Br)=COc2ccccc21. The highest BCUT2D eigenvalue weighted by Crippen LogP contribution is 2.58. The van der Waals surface area contributed by atoms with Crippen LogP contribution in [0.25, 0.3) is 6.08 Å². The number of para-hydroxylation sites is 1. The lowest BCUT2D eigenvalue weighted by Crippen LogP contribution is -2.16. The van der Waals surface area contributed by atoms with E-state index in [4.69, 9.17) is 9.26 Å². The lowest BCUT2D eigenvalue weighted by atomic mass is 10.2. The molecule has 118 valence electrons. The van der Waals surface area contributed by atoms with Gasteiger partial charge in [0.05, 0.1) is 17.2 Å². The average molecular weight is 391 g/mol. The number of allylic oxidation sites excluding steroid dienone is 2. The lowest BCUT2D eigenvalue weighted by Gasteiger charge is -2.25. The van der Waals surface area contributed by atoms with Crippen molar-refractivity contribution in [3.05, 3.63) is 76.2 Å². The van der Waals surface area contributed by atoms with Crippen molar-refractivity contribution in [2.45, 2.75) is 6.92 Å². The fourth-order valence-corrected chi connectivity index (χ4v) is 4.89. The van der Waals surface area contributed by atoms with E-state index in [1.807, 2.05) is 49.4 Å². The highest BCUT2D eigenvalue weighted by molar-refractivity contribution is 9.10. The number of fused-ring (bicyclic) bond motifs is 1. The predicted octanol–water partition coefficient (Wildman–Crippen LogP) is 5.34. The first-order chi connectivity index (χ1) is 11.1. The zero-order valence-electron chi connectivity index (χ0n) is 12.6. The minimum Gasteiger partial charge on any atom is -0.463 e. The molecule has 1 heterocycles. The molecule has 0 amide bonds. The van der Waals surface area contributed by atoms with Gasteiger partial charge in [-0.3, -0.25) is 4.57 Å². The first-order valence-electron chi connectivity index (χ1n) is 7.29. The van der Waals surface area contributed by atoms with E-state index in [0.717, 1.165) is 10.0 Å². The molecule has 0 saturated carbocycles. The summed E-state index contributed by atoms with van der Waals surface area (Å²) in [7, 11) is -3.13. The molecule has 2 aromatic rings. The van der Waals surface area contributed by atoms with Gasteiger partial charge in [0.1, 0.15) is 12.0 Å². The summed E-state index contributed by atoms with van der Waals surface area (Å²) in [6, 6.07) is 15.1. The molecule has 1 aliphatic heterocycles. The topological polar surface area (TPSA) is 35.5 Å². The van der Waals surface area contributed by atoms with E-state index in [1.165, 1.54) is 6.26 Å². The Balaban J connectivity index is 2.01. The molecule has 5 heteroatoms. The van der Waals surface area contributed by atoms with Gasteiger partial charge in [0.2, 0.25) is 0 Å². The van der Waals surface area contributed by atoms with Crippen molar-refractivity contribution in [2.24, 2.45) is 0 Å². The Morgan fingerprint density at radius 3 is 2.65 bits per heavy atom. The monoisotopic (exact) mass is 390 g/mol. The van der Waals surface area contributed by atoms with Crippen molar-refractivity contribution in [1.29, 1.82) is 0 Å². The Morgan fingerprint density at radius 2 is 1.87 bits per heavy atom. The number of hydrogen-bond donors (Lipinski definition) is 0. The highest BCUT2D eigenvalue weighted by atomic mass is 79.9. The summed E-state index contributed by atoms with van der Waals surface area (Å²) in [5.74, 6) is 0.585. The molecular weight excluding hydrogens is 375 g/mol. The molecule has 1 atom stereocenters. The lowest BCUT2D eigenvalue weighted by molar-refractivity contribution is 0.342. The second-order valence-electron chi connectivity index (χ2n) is 4.95. The van der Waals surface area contributed by atoms with Crippen molar-refractivity contribution in [1.82, 2.24) is 0 Å². The molecule has 0 spiro atoms. The zero-order chi connectivity index (χ0) is 16.3. The van der Waals surface area contributed by atoms with E-state index in [9.17, 15) is 4.57 Å². The van der Waals surface area contributed by atoms with Gasteiger partial charge in [-0.05, 0) is 36.8 Å². The largest absolute Gasteiger partial charge is 0.463 e. The molecule has 23 heavy (non-hydrogen) atoms. The van der Waals surface area contributed by atoms with Crippen molar-refractivity contribution >= 4 is 34.7 Å². The summed E-state index contributed by atoms with van der Waals surface area (Å²) in [5, 5.41) is 1.16. The van der Waals surface area contributed by atoms with E-state index in [1.54, 1.807) is 18.2 Å². The van der Waals surface area contributed by atoms with E-state index < -0.39 is 7.37 Å². The van der Waals surface area contributed by atoms with Crippen LogP contribution in [0, 0.1) is 0 Å². The maximum atomic E-state index is 13.5. The van der Waals surface area contributed by atoms with Crippen LogP contribution < -0.4 is 10.0 Å². The predicted molar refractivity (Wildman–Crippen MR) is 97.2 cm³/mol. The van der Waals surface area contributed by atoms with Crippen molar-refractivity contribution in [2.75, 3.05) is 6.61 Å². The van der Waals surface area contributed by atoms with Crippen LogP contribution in [0.3, 0.4) is 0 Å². The summed E-state index contributed by atoms with van der Waals surface area (Å²) in [4.78, 5) is 0. The van der Waals surface area contributed by atoms with Crippen LogP contribution in [-0.4, -0.2) is 6.61 Å². The maximum absolute atomic E-state index is 13.5. The van der Waals surface area contributed by atoms with Crippen LogP contribution in [0.2, 0.25) is 0 Å². The van der Waals surface area contributed by atoms with Gasteiger partial charge in [-0.2, -0.15) is 0 Å². The van der Waals surface area contributed by atoms with Gasteiger partial charge in [0.15, 0.2) is 0 Å². The maximum Gasteiger partial charge on any atom is 0.268 e. The molecule has 0 aromatic heterocycles. The first-order valence-corrected chi connectivity index (χ1v) is 9.71. The highest BCUT2D eigenvalue weighted by Gasteiger charge is 2.35. The van der Waals surface area contributed by atoms with Gasteiger partial charge in [-0.15, -0.1) is 0 Å². The van der Waals surface area contributed by atoms with Crippen molar-refractivity contribution in [3.8, 4) is 5.75 Å². The minimum atomic E-state index is -3.13. The number of ether oxygens (including phenoxy) is 1. The van der Waals surface area contributed by atoms with E-state index in [-0.39, 0.29) is 0 Å². The number of hydrogen-bond acceptors (Lipinski definition) is 3. The van der Waals surface area contributed by atoms with Crippen LogP contribution in [0.1, 0.15) is 12.5 Å². The van der Waals surface area contributed by atoms with Crippen LogP contribution in [0.15, 0.2) is 70.7 Å². The first kappa shape index (κ1) is 16.3. The zero-order valence-corrected chi connectivity index (χ0v) is 15.1. The van der Waals surface area contributed by atoms with E-state index in [0.29, 0.717) is 23.0 Å². The summed E-state index contributed by atoms with van der Waals surface area (Å²) < 4.78 is 25.7. The van der Waals surface area contributed by atoms with Crippen molar-refractivity contribution < 1.29 is 13.8 Å². The van der Waals surface area contributed by atoms with Gasteiger partial charge >= 0.3 is 0 Å². The molecule has 0 radical (unpaired) electrons. The Morgan fingerprint density at radius 1 is 1.13 bits per heavy atom. The molecule has 0 bridgehead atoms. The molecule has 1 unspecified atom stereocenters. The fourth-order valence-electron chi connectivity index (χ4n) is 2.38. The Labute approximate surface area is 144 Å². The van der Waals surface area contributed by atoms with Gasteiger partial charge in [-0.1, -0.05) is 52.3 Å². The van der Waals surface area contributed by atoms with E-state index in [2.05, 4.69) is 15.9 Å². The summed E-state index contributed by atoms with van der Waals surface area (Å²) in [5.41, 5.74) is 0.996. The summed E-state index contributed by atoms with van der Waals surface area (Å²) in [6.45, 7) is 2.21. The minimum absolute atomic E-state index is 0.367. The Kier molecular flexibility index (Phi) is 4.86. The molecule has 3 rings (SSSR count). The normalized spacial score (nSPS) is 20.0. The quantitative estimate of drug-likeness (QED) is 0.661. The Hall–Kier alpha value is -1.61. The van der Waals surface area contributed by atoms with Crippen LogP contribution in [0.4, 0.5) is 0 Å². The second kappa shape index (κ2) is 6.88. The third-order valence-corrected chi connectivity index (χ3v) is 6.76. The molecule has 0 fully saturated rings. The average Bonchev–Trinajstić information content (AvgIpc) is 2.56. The van der Waals surface area contributed by atoms with Gasteiger partial charge < -0.3 is 9.26 Å². The van der Waals surface area contributed by atoms with Crippen LogP contribution in [0.5, 0.6) is 5.75 Å². The third-order valence-electron chi connectivity index (χ3n) is 3.48. The molecule has 0 aliphatic carbocycles. The second-order valence-corrected chi connectivity index (χ2v) is 8.17. The van der Waals surface area contributed by atoms with Gasteiger partial charge in [0, 0.05) is 4.47 Å². The van der Waals surface area contributed by atoms with Gasteiger partial charge in [-0.25, -0.2) is 0 Å². The number of halogens is 1. The fraction of sp³-hybridized carbons (Fsp3) is 0.111. The molecule has 1 aliphatic rings. The third kappa shape index (κ3) is 3.20.